The molecule has 0 spiro atoms. The van der Waals surface area contributed by atoms with Crippen LogP contribution in [0.2, 0.25) is 0 Å². The zero-order chi connectivity index (χ0) is 41.8. The average molecular weight is 1030 g/mol. The van der Waals surface area contributed by atoms with Crippen molar-refractivity contribution < 1.29 is 81.5 Å². The van der Waals surface area contributed by atoms with E-state index in [4.69, 9.17) is 13.0 Å². The molecule has 0 aliphatic carbocycles. The van der Waals surface area contributed by atoms with E-state index in [9.17, 15) is 26.1 Å². The van der Waals surface area contributed by atoms with Gasteiger partial charge >= 0.3 is 47.9 Å². The van der Waals surface area contributed by atoms with Gasteiger partial charge < -0.3 is 9.11 Å². The number of benzene rings is 6. The van der Waals surface area contributed by atoms with E-state index in [0.717, 1.165) is 5.39 Å². The highest BCUT2D eigenvalue weighted by Crippen LogP contribution is 2.23. The minimum atomic E-state index is -6.09. The fraction of sp³-hybridized carbons (Fsp3) is 0.209. The van der Waals surface area contributed by atoms with Crippen molar-refractivity contribution in [3.63, 3.8) is 0 Å². The first-order chi connectivity index (χ1) is 25.9. The molecule has 0 bridgehead atoms. The van der Waals surface area contributed by atoms with Gasteiger partial charge in [0.05, 0.1) is 4.90 Å². The molecule has 6 rings (SSSR count). The van der Waals surface area contributed by atoms with Gasteiger partial charge in [0.15, 0.2) is 24.4 Å². The van der Waals surface area contributed by atoms with Gasteiger partial charge in [0.1, 0.15) is 10.1 Å². The quantitative estimate of drug-likeness (QED) is 0.147. The maximum atomic E-state index is 10.9. The van der Waals surface area contributed by atoms with E-state index in [-0.39, 0.29) is 58.1 Å². The summed E-state index contributed by atoms with van der Waals surface area (Å²) in [4.78, 5) is -0.157. The van der Waals surface area contributed by atoms with Crippen LogP contribution in [0.5, 0.6) is 0 Å². The third-order valence-corrected chi connectivity index (χ3v) is 14.5. The minimum absolute atomic E-state index is 0.0287. The molecule has 0 unspecified atom stereocenters. The van der Waals surface area contributed by atoms with Crippen LogP contribution in [0.25, 0.3) is 10.8 Å². The summed E-state index contributed by atoms with van der Waals surface area (Å²) in [6.45, 7) is 13.6. The molecule has 6 nitrogen and oxygen atoms in total. The third kappa shape index (κ3) is 15.9. The summed E-state index contributed by atoms with van der Waals surface area (Å²) < 4.78 is 97.5. The molecule has 0 radical (unpaired) electrons. The number of rotatable bonds is 5. The molecule has 6 aromatic rings. The first-order valence-electron chi connectivity index (χ1n) is 17.0. The first-order valence-corrected chi connectivity index (χ1v) is 24.1. The summed E-state index contributed by atoms with van der Waals surface area (Å²) in [5.41, 5.74) is -2.33. The number of alkyl halides is 3. The number of hydrogen-bond acceptors (Lipinski definition) is 6. The van der Waals surface area contributed by atoms with Gasteiger partial charge in [0.2, 0.25) is 0 Å². The molecule has 0 fully saturated rings. The van der Waals surface area contributed by atoms with Gasteiger partial charge in [-0.05, 0) is 87.3 Å². The molecule has 0 atom stereocenters. The molecular formula is C43H43F3I2O6S2. The Labute approximate surface area is 349 Å². The second kappa shape index (κ2) is 20.4. The van der Waals surface area contributed by atoms with Crippen molar-refractivity contribution in [3.8, 4) is 0 Å². The zero-order valence-electron chi connectivity index (χ0n) is 31.6. The molecule has 0 heterocycles. The van der Waals surface area contributed by atoms with Crippen LogP contribution in [0.3, 0.4) is 0 Å². The van der Waals surface area contributed by atoms with Crippen molar-refractivity contribution in [1.29, 1.82) is 0 Å². The lowest BCUT2D eigenvalue weighted by molar-refractivity contribution is -0.597. The van der Waals surface area contributed by atoms with Gasteiger partial charge in [0.25, 0.3) is 0 Å². The molecule has 0 aromatic heterocycles. The number of halogens is 5. The van der Waals surface area contributed by atoms with Crippen molar-refractivity contribution >= 4 is 31.0 Å². The van der Waals surface area contributed by atoms with Crippen LogP contribution in [0.15, 0.2) is 157 Å². The van der Waals surface area contributed by atoms with Crippen molar-refractivity contribution in [2.45, 2.75) is 62.8 Å². The average Bonchev–Trinajstić information content (AvgIpc) is 3.12. The number of fused-ring (bicyclic) bond motifs is 1. The Hall–Kier alpha value is -3.35. The van der Waals surface area contributed by atoms with E-state index in [2.05, 4.69) is 151 Å². The largest absolute Gasteiger partial charge is 0.744 e. The monoisotopic (exact) mass is 1030 g/mol. The molecule has 56 heavy (non-hydrogen) atoms. The topological polar surface area (TPSA) is 114 Å². The van der Waals surface area contributed by atoms with Gasteiger partial charge in [-0.15, -0.1) is 0 Å². The molecule has 13 heteroatoms. The number of hydrogen-bond donors (Lipinski definition) is 0. The van der Waals surface area contributed by atoms with E-state index in [1.807, 2.05) is 0 Å². The SMILES string of the molecule is CC(C)(C)c1ccc([I+]c2ccc(C(C)(C)C)cc2)cc1.O=S(=O)([O-])C(F)(F)F.O=S(=O)([O-])c1cccc2ccccc12.c1ccc([I+]c2ccccc2)cc1. The Balaban J connectivity index is 0.000000211. The van der Waals surface area contributed by atoms with Crippen LogP contribution in [-0.2, 0) is 31.1 Å². The summed E-state index contributed by atoms with van der Waals surface area (Å²) in [6.07, 6.45) is 0. The smallest absolute Gasteiger partial charge is 0.485 e. The lowest BCUT2D eigenvalue weighted by atomic mass is 9.87. The lowest BCUT2D eigenvalue weighted by Crippen LogP contribution is -3.61. The Morgan fingerprint density at radius 2 is 0.768 bits per heavy atom. The summed E-state index contributed by atoms with van der Waals surface area (Å²) in [6, 6.07) is 51.4. The molecule has 0 aliphatic rings. The molecule has 0 N–H and O–H groups in total. The highest BCUT2D eigenvalue weighted by molar-refractivity contribution is 7.86. The van der Waals surface area contributed by atoms with E-state index in [1.54, 1.807) is 36.4 Å². The van der Waals surface area contributed by atoms with Gasteiger partial charge in [-0.25, -0.2) is 16.8 Å². The van der Waals surface area contributed by atoms with Gasteiger partial charge in [-0.2, -0.15) is 13.2 Å². The summed E-state index contributed by atoms with van der Waals surface area (Å²) in [7, 11) is -10.5. The fourth-order valence-corrected chi connectivity index (χ4v) is 9.77. The van der Waals surface area contributed by atoms with Crippen LogP contribution in [0.4, 0.5) is 13.2 Å². The maximum Gasteiger partial charge on any atom is 0.485 e. The highest BCUT2D eigenvalue weighted by Gasteiger charge is 2.37. The van der Waals surface area contributed by atoms with Gasteiger partial charge in [0, 0.05) is 0 Å². The normalized spacial score (nSPS) is 11.9. The van der Waals surface area contributed by atoms with Crippen molar-refractivity contribution in [2.24, 2.45) is 0 Å². The van der Waals surface area contributed by atoms with Gasteiger partial charge in [-0.1, -0.05) is 139 Å². The fourth-order valence-electron chi connectivity index (χ4n) is 4.65. The second-order valence-electron chi connectivity index (χ2n) is 14.1. The second-order valence-corrected chi connectivity index (χ2v) is 22.9. The van der Waals surface area contributed by atoms with Crippen LogP contribution in [-0.4, -0.2) is 31.4 Å². The molecular weight excluding hydrogens is 987 g/mol. The van der Waals surface area contributed by atoms with E-state index in [1.165, 1.54) is 31.5 Å². The summed E-state index contributed by atoms with van der Waals surface area (Å²) in [5.74, 6) is 0. The predicted molar refractivity (Wildman–Crippen MR) is 206 cm³/mol. The molecule has 298 valence electrons. The molecule has 0 amide bonds. The van der Waals surface area contributed by atoms with Crippen LogP contribution < -0.4 is 42.4 Å². The molecule has 0 saturated heterocycles. The molecule has 6 aromatic carbocycles. The van der Waals surface area contributed by atoms with Crippen molar-refractivity contribution in [3.05, 3.63) is 177 Å². The van der Waals surface area contributed by atoms with Gasteiger partial charge in [-0.3, -0.25) is 0 Å². The third-order valence-electron chi connectivity index (χ3n) is 7.63. The Morgan fingerprint density at radius 1 is 0.446 bits per heavy atom. The maximum absolute atomic E-state index is 10.9. The Morgan fingerprint density at radius 3 is 1.11 bits per heavy atom. The molecule has 0 saturated carbocycles. The molecule has 0 aliphatic heterocycles. The zero-order valence-corrected chi connectivity index (χ0v) is 37.5. The first kappa shape index (κ1) is 47.0. The van der Waals surface area contributed by atoms with Crippen molar-refractivity contribution in [2.75, 3.05) is 0 Å². The Kier molecular flexibility index (Phi) is 17.1. The summed E-state index contributed by atoms with van der Waals surface area (Å²) in [5, 5.41) is 1.23. The predicted octanol–water partition coefficient (Wildman–Crippen LogP) is 4.02. The summed E-state index contributed by atoms with van der Waals surface area (Å²) >= 11 is -0.0416. The van der Waals surface area contributed by atoms with Crippen LogP contribution >= 0.6 is 0 Å². The van der Waals surface area contributed by atoms with Crippen LogP contribution in [0.1, 0.15) is 52.7 Å². The van der Waals surface area contributed by atoms with Crippen molar-refractivity contribution in [1.82, 2.24) is 0 Å². The standard InChI is InChI=1S/C20H26I.C12H10I.C10H8O3S.CHF3O3S/c1-19(2,3)15-7-11-17(12-8-15)21-18-13-9-16(10-14-18)20(4,5)6;1-3-7-11(8-4-1)13-12-9-5-2-6-10-12;11-14(12,13)10-7-3-5-8-4-1-2-6-9(8)10;2-1(3,4)8(5,6)7/h7-14H,1-6H3;1-10H;1-7H,(H,11,12,13);(H,5,6,7)/q2*+1;;/p-2. The highest BCUT2D eigenvalue weighted by atomic mass is 127. The van der Waals surface area contributed by atoms with E-state index >= 15 is 0 Å². The minimum Gasteiger partial charge on any atom is -0.744 e. The lowest BCUT2D eigenvalue weighted by Gasteiger charge is -2.18. The Bertz CT molecular complexity index is 2240. The van der Waals surface area contributed by atoms with Crippen LogP contribution in [0, 0.1) is 14.3 Å². The van der Waals surface area contributed by atoms with E-state index < -0.39 is 25.7 Å². The van der Waals surface area contributed by atoms with E-state index in [0.29, 0.717) is 5.39 Å².